The molecule has 1 aromatic heterocycles. The molecule has 2 fully saturated rings. The van der Waals surface area contributed by atoms with Gasteiger partial charge in [-0.05, 0) is 31.4 Å². The Balaban J connectivity index is 1.33. The van der Waals surface area contributed by atoms with Crippen LogP contribution in [0.25, 0.3) is 11.1 Å². The minimum absolute atomic E-state index is 0.00670. The van der Waals surface area contributed by atoms with Gasteiger partial charge >= 0.3 is 11.7 Å². The van der Waals surface area contributed by atoms with E-state index < -0.39 is 27.9 Å². The number of hydrogen-bond donors (Lipinski definition) is 1. The number of urea groups is 1. The zero-order valence-electron chi connectivity index (χ0n) is 22.6. The minimum Gasteiger partial charge on any atom is -0.341 e. The Hall–Kier alpha value is -3.51. The topological polar surface area (TPSA) is 114 Å². The third-order valence-electron chi connectivity index (χ3n) is 7.85. The first-order valence-corrected chi connectivity index (χ1v) is 15.6. The second-order valence-electron chi connectivity index (χ2n) is 10.5. The number of carbonyl (C=O) groups is 2. The van der Waals surface area contributed by atoms with Crippen LogP contribution in [0.2, 0.25) is 5.02 Å². The Morgan fingerprint density at radius 2 is 1.93 bits per heavy atom. The number of amides is 3. The van der Waals surface area contributed by atoms with Gasteiger partial charge < -0.3 is 15.1 Å². The number of carbonyl (C=O) groups excluding carboxylic acids is 2. The molecule has 3 amide bonds. The summed E-state index contributed by atoms with van der Waals surface area (Å²) in [7, 11) is -1.28. The summed E-state index contributed by atoms with van der Waals surface area (Å²) in [5.41, 5.74) is -0.433. The summed E-state index contributed by atoms with van der Waals surface area (Å²) < 4.78 is 28.0. The van der Waals surface area contributed by atoms with Gasteiger partial charge in [0.1, 0.15) is 12.4 Å². The maximum atomic E-state index is 14.2. The summed E-state index contributed by atoms with van der Waals surface area (Å²) in [4.78, 5) is 56.1. The van der Waals surface area contributed by atoms with Gasteiger partial charge in [-0.1, -0.05) is 35.9 Å². The molecule has 2 unspecified atom stereocenters. The van der Waals surface area contributed by atoms with Crippen molar-refractivity contribution in [2.24, 2.45) is 5.92 Å². The molecule has 1 aliphatic carbocycles. The fourth-order valence-electron chi connectivity index (χ4n) is 5.58. The van der Waals surface area contributed by atoms with Gasteiger partial charge in [-0.2, -0.15) is 0 Å². The van der Waals surface area contributed by atoms with Crippen LogP contribution < -0.4 is 16.6 Å². The molecule has 218 valence electrons. The zero-order chi connectivity index (χ0) is 29.3. The molecular weight excluding hydrogens is 573 g/mol. The van der Waals surface area contributed by atoms with Crippen molar-refractivity contribution < 1.29 is 18.2 Å². The Morgan fingerprint density at radius 3 is 2.66 bits per heavy atom. The van der Waals surface area contributed by atoms with Gasteiger partial charge in [-0.15, -0.1) is 0 Å². The van der Waals surface area contributed by atoms with Crippen LogP contribution in [0, 0.1) is 11.7 Å². The summed E-state index contributed by atoms with van der Waals surface area (Å²) in [6.45, 7) is 0.975. The van der Waals surface area contributed by atoms with Crippen molar-refractivity contribution in [3.8, 4) is 11.1 Å². The first-order chi connectivity index (χ1) is 19.6. The average Bonchev–Trinajstić information content (AvgIpc) is 2.95. The van der Waals surface area contributed by atoms with Crippen LogP contribution in [0.5, 0.6) is 0 Å². The van der Waals surface area contributed by atoms with Crippen molar-refractivity contribution in [3.05, 3.63) is 80.0 Å². The number of likely N-dealkylation sites (tertiary alicyclic amines) is 1. The van der Waals surface area contributed by atoms with Gasteiger partial charge in [0, 0.05) is 78.4 Å². The number of allylic oxidation sites excluding steroid dienone is 3. The molecule has 1 N–H and O–H groups in total. The highest BCUT2D eigenvalue weighted by Crippen LogP contribution is 2.29. The third kappa shape index (κ3) is 6.08. The lowest BCUT2D eigenvalue weighted by Gasteiger charge is -2.43. The van der Waals surface area contributed by atoms with Gasteiger partial charge in [-0.3, -0.25) is 22.9 Å². The second kappa shape index (κ2) is 12.2. The lowest BCUT2D eigenvalue weighted by Crippen LogP contribution is -2.57. The minimum atomic E-state index is -1.28. The highest BCUT2D eigenvalue weighted by atomic mass is 35.5. The van der Waals surface area contributed by atoms with Gasteiger partial charge in [0.05, 0.1) is 10.6 Å². The van der Waals surface area contributed by atoms with Crippen molar-refractivity contribution in [1.82, 2.24) is 24.3 Å². The summed E-state index contributed by atoms with van der Waals surface area (Å²) in [6.07, 6.45) is 10.7. The molecule has 0 bridgehead atoms. The fourth-order valence-corrected chi connectivity index (χ4v) is 6.25. The van der Waals surface area contributed by atoms with Crippen LogP contribution >= 0.6 is 11.6 Å². The van der Waals surface area contributed by atoms with E-state index >= 15 is 0 Å². The van der Waals surface area contributed by atoms with E-state index in [-0.39, 0.29) is 58.9 Å². The predicted molar refractivity (Wildman–Crippen MR) is 154 cm³/mol. The van der Waals surface area contributed by atoms with E-state index in [4.69, 9.17) is 11.6 Å². The van der Waals surface area contributed by atoms with Crippen LogP contribution in [-0.4, -0.2) is 72.8 Å². The molecule has 3 heterocycles. The van der Waals surface area contributed by atoms with Crippen LogP contribution in [-0.2, 0) is 28.7 Å². The molecular formula is C28H31ClFN5O5S. The summed E-state index contributed by atoms with van der Waals surface area (Å²) in [6, 6.07) is 3.89. The number of hydrogen-bond acceptors (Lipinski definition) is 5. The smallest absolute Gasteiger partial charge is 0.331 e. The molecule has 5 rings (SSSR count). The molecule has 3 aliphatic rings. The monoisotopic (exact) mass is 603 g/mol. The van der Waals surface area contributed by atoms with E-state index in [0.29, 0.717) is 32.5 Å². The number of benzene rings is 1. The van der Waals surface area contributed by atoms with Crippen LogP contribution in [0.3, 0.4) is 0 Å². The number of aromatic nitrogens is 2. The second-order valence-corrected chi connectivity index (χ2v) is 12.4. The van der Waals surface area contributed by atoms with Crippen molar-refractivity contribution in [3.63, 3.8) is 0 Å². The Kier molecular flexibility index (Phi) is 8.60. The van der Waals surface area contributed by atoms with E-state index in [1.165, 1.54) is 24.6 Å². The van der Waals surface area contributed by atoms with Crippen LogP contribution in [0.1, 0.15) is 19.3 Å². The van der Waals surface area contributed by atoms with Crippen LogP contribution in [0.4, 0.5) is 9.18 Å². The Bertz CT molecular complexity index is 1580. The van der Waals surface area contributed by atoms with E-state index in [1.807, 2.05) is 17.1 Å². The van der Waals surface area contributed by atoms with E-state index in [0.717, 1.165) is 27.3 Å². The molecule has 41 heavy (non-hydrogen) atoms. The van der Waals surface area contributed by atoms with Gasteiger partial charge in [0.2, 0.25) is 5.91 Å². The molecule has 2 saturated heterocycles. The molecule has 2 aromatic rings. The number of nitrogens with one attached hydrogen (secondary N) is 1. The highest BCUT2D eigenvalue weighted by molar-refractivity contribution is 7.84. The molecule has 1 aromatic carbocycles. The van der Waals surface area contributed by atoms with Crippen molar-refractivity contribution in [2.45, 2.75) is 38.4 Å². The van der Waals surface area contributed by atoms with Gasteiger partial charge in [0.15, 0.2) is 0 Å². The summed E-state index contributed by atoms with van der Waals surface area (Å²) in [5.74, 6) is -0.756. The molecule has 2 aliphatic heterocycles. The first-order valence-electron chi connectivity index (χ1n) is 13.4. The number of fused-ring (bicyclic) bond motifs is 1. The van der Waals surface area contributed by atoms with Gasteiger partial charge in [-0.25, -0.2) is 14.0 Å². The first kappa shape index (κ1) is 29.0. The number of nitrogens with zero attached hydrogens (tertiary/aromatic N) is 4. The quantitative estimate of drug-likeness (QED) is 0.522. The highest BCUT2D eigenvalue weighted by Gasteiger charge is 2.36. The SMILES string of the molecule is CS(=O)CCn1c(=O)c(-c2cccc(F)c2Cl)cn(CC(=O)N2CCC(N3CC4CC=CC=C4NC3=O)CC2)c1=O. The average molecular weight is 604 g/mol. The van der Waals surface area contributed by atoms with E-state index in [2.05, 4.69) is 11.4 Å². The number of rotatable bonds is 7. The van der Waals surface area contributed by atoms with Crippen molar-refractivity contribution in [2.75, 3.05) is 31.6 Å². The number of halogens is 2. The van der Waals surface area contributed by atoms with E-state index in [9.17, 15) is 27.8 Å². The molecule has 2 atom stereocenters. The number of piperidine rings is 1. The maximum absolute atomic E-state index is 14.2. The standard InChI is InChI=1S/C28H31ClFN5O5S/c1-41(40)14-13-34-26(37)21(20-6-4-7-22(30)25(20)29)16-33(28(34)39)17-24(36)32-11-9-19(10-12-32)35-15-18-5-2-3-8-23(18)31-27(35)38/h2-4,6-8,16,18-19H,5,9-15,17H2,1H3,(H,31,38). The zero-order valence-corrected chi connectivity index (χ0v) is 24.1. The normalized spacial score (nSPS) is 19.9. The molecule has 0 saturated carbocycles. The largest absolute Gasteiger partial charge is 0.341 e. The maximum Gasteiger partial charge on any atom is 0.331 e. The van der Waals surface area contributed by atoms with Crippen molar-refractivity contribution in [1.29, 1.82) is 0 Å². The molecule has 0 radical (unpaired) electrons. The van der Waals surface area contributed by atoms with Crippen LogP contribution in [0.15, 0.2) is 57.9 Å². The Morgan fingerprint density at radius 1 is 1.17 bits per heavy atom. The van der Waals surface area contributed by atoms with Gasteiger partial charge in [0.25, 0.3) is 5.56 Å². The molecule has 13 heteroatoms. The predicted octanol–water partition coefficient (Wildman–Crippen LogP) is 2.32. The summed E-state index contributed by atoms with van der Waals surface area (Å²) in [5, 5.41) is 2.71. The lowest BCUT2D eigenvalue weighted by molar-refractivity contribution is -0.133. The molecule has 0 spiro atoms. The van der Waals surface area contributed by atoms with E-state index in [1.54, 1.807) is 4.90 Å². The van der Waals surface area contributed by atoms with Crippen molar-refractivity contribution >= 4 is 34.3 Å². The molecule has 10 nitrogen and oxygen atoms in total. The Labute approximate surface area is 243 Å². The fraction of sp³-hybridized carbons (Fsp3) is 0.429. The third-order valence-corrected chi connectivity index (χ3v) is 8.99. The lowest BCUT2D eigenvalue weighted by atomic mass is 9.92. The summed E-state index contributed by atoms with van der Waals surface area (Å²) >= 11 is 6.15.